The number of aromatic nitrogens is 3. The lowest BCUT2D eigenvalue weighted by Gasteiger charge is -2.36. The SMILES string of the molecule is O=C(c1cscn1)N1[C@H]2CC[C@@H]1c1cnc(N3CCOCC3)nc1C2. The van der Waals surface area contributed by atoms with Crippen molar-refractivity contribution in [2.75, 3.05) is 31.2 Å². The van der Waals surface area contributed by atoms with Crippen molar-refractivity contribution < 1.29 is 9.53 Å². The molecule has 2 saturated heterocycles. The van der Waals surface area contributed by atoms with Gasteiger partial charge in [-0.2, -0.15) is 0 Å². The molecule has 2 aromatic heterocycles. The van der Waals surface area contributed by atoms with Gasteiger partial charge in [0.05, 0.1) is 30.5 Å². The lowest BCUT2D eigenvalue weighted by Crippen LogP contribution is -2.43. The van der Waals surface area contributed by atoms with Gasteiger partial charge in [0.25, 0.3) is 5.91 Å². The summed E-state index contributed by atoms with van der Waals surface area (Å²) in [5, 5.41) is 1.83. The number of carbonyl (C=O) groups is 1. The van der Waals surface area contributed by atoms with Gasteiger partial charge in [-0.15, -0.1) is 11.3 Å². The summed E-state index contributed by atoms with van der Waals surface area (Å²) in [6.07, 6.45) is 4.74. The Morgan fingerprint density at radius 1 is 1.24 bits per heavy atom. The standard InChI is InChI=1S/C17H19N5O2S/c23-16(14-9-25-10-19-14)22-11-1-2-15(22)12-8-18-17(20-13(12)7-11)21-3-5-24-6-4-21/h8-11,15H,1-7H2/t11-,15+/m0/s1. The van der Waals surface area contributed by atoms with E-state index < -0.39 is 0 Å². The molecule has 0 radical (unpaired) electrons. The minimum Gasteiger partial charge on any atom is -0.378 e. The molecule has 0 unspecified atom stereocenters. The number of nitrogens with zero attached hydrogens (tertiary/aromatic N) is 5. The van der Waals surface area contributed by atoms with Crippen LogP contribution in [0.1, 0.15) is 40.6 Å². The Balaban J connectivity index is 1.45. The monoisotopic (exact) mass is 357 g/mol. The quantitative estimate of drug-likeness (QED) is 0.814. The topological polar surface area (TPSA) is 71.5 Å². The smallest absolute Gasteiger partial charge is 0.274 e. The van der Waals surface area contributed by atoms with E-state index in [2.05, 4.69) is 14.9 Å². The fourth-order valence-corrected chi connectivity index (χ4v) is 4.67. The van der Waals surface area contributed by atoms with Crippen LogP contribution in [0, 0.1) is 0 Å². The van der Waals surface area contributed by atoms with Crippen LogP contribution in [0.15, 0.2) is 17.1 Å². The van der Waals surface area contributed by atoms with Crippen molar-refractivity contribution in [3.8, 4) is 0 Å². The van der Waals surface area contributed by atoms with E-state index in [0.717, 1.165) is 62.8 Å². The third-order valence-electron chi connectivity index (χ3n) is 5.36. The molecule has 7 nitrogen and oxygen atoms in total. The maximum atomic E-state index is 12.9. The molecule has 3 aliphatic heterocycles. The van der Waals surface area contributed by atoms with Crippen molar-refractivity contribution in [1.82, 2.24) is 19.9 Å². The molecule has 0 spiro atoms. The molecule has 0 aliphatic carbocycles. The fraction of sp³-hybridized carbons (Fsp3) is 0.529. The summed E-state index contributed by atoms with van der Waals surface area (Å²) in [7, 11) is 0. The van der Waals surface area contributed by atoms with E-state index in [9.17, 15) is 4.79 Å². The van der Waals surface area contributed by atoms with Crippen molar-refractivity contribution in [2.45, 2.75) is 31.3 Å². The normalized spacial score (nSPS) is 25.1. The third-order valence-corrected chi connectivity index (χ3v) is 5.94. The molecule has 2 fully saturated rings. The van der Waals surface area contributed by atoms with Crippen molar-refractivity contribution in [2.24, 2.45) is 0 Å². The fourth-order valence-electron chi connectivity index (χ4n) is 4.14. The van der Waals surface area contributed by atoms with Gasteiger partial charge in [-0.3, -0.25) is 4.79 Å². The molecule has 0 saturated carbocycles. The molecule has 1 amide bonds. The van der Waals surface area contributed by atoms with E-state index in [4.69, 9.17) is 9.72 Å². The molecule has 0 aromatic carbocycles. The van der Waals surface area contributed by atoms with Crippen LogP contribution in [0.25, 0.3) is 0 Å². The Kier molecular flexibility index (Phi) is 3.67. The van der Waals surface area contributed by atoms with Gasteiger partial charge in [-0.1, -0.05) is 0 Å². The van der Waals surface area contributed by atoms with Crippen LogP contribution in [-0.4, -0.2) is 58.1 Å². The third kappa shape index (κ3) is 2.51. The average Bonchev–Trinajstić information content (AvgIpc) is 3.29. The van der Waals surface area contributed by atoms with E-state index in [0.29, 0.717) is 5.69 Å². The summed E-state index contributed by atoms with van der Waals surface area (Å²) in [6, 6.07) is 0.306. The Bertz CT molecular complexity index is 790. The summed E-state index contributed by atoms with van der Waals surface area (Å²) in [5.74, 6) is 0.831. The Labute approximate surface area is 149 Å². The summed E-state index contributed by atoms with van der Waals surface area (Å²) < 4.78 is 5.41. The van der Waals surface area contributed by atoms with Gasteiger partial charge in [0, 0.05) is 42.7 Å². The molecular formula is C17H19N5O2S. The highest BCUT2D eigenvalue weighted by molar-refractivity contribution is 7.07. The molecule has 5 rings (SSSR count). The number of hydrogen-bond donors (Lipinski definition) is 0. The molecule has 130 valence electrons. The molecule has 2 atom stereocenters. The second-order valence-corrected chi connectivity index (χ2v) is 7.43. The van der Waals surface area contributed by atoms with Gasteiger partial charge < -0.3 is 14.5 Å². The maximum absolute atomic E-state index is 12.9. The average molecular weight is 357 g/mol. The zero-order valence-corrected chi connectivity index (χ0v) is 14.6. The van der Waals surface area contributed by atoms with Crippen LogP contribution < -0.4 is 4.90 Å². The number of hydrogen-bond acceptors (Lipinski definition) is 7. The molecule has 8 heteroatoms. The van der Waals surface area contributed by atoms with E-state index in [1.54, 1.807) is 5.51 Å². The first-order valence-corrected chi connectivity index (χ1v) is 9.65. The molecule has 2 bridgehead atoms. The van der Waals surface area contributed by atoms with E-state index in [1.165, 1.54) is 11.3 Å². The minimum atomic E-state index is 0.0386. The van der Waals surface area contributed by atoms with Crippen LogP contribution >= 0.6 is 11.3 Å². The number of carbonyl (C=O) groups excluding carboxylic acids is 1. The molecule has 5 heterocycles. The van der Waals surface area contributed by atoms with Gasteiger partial charge in [-0.05, 0) is 12.8 Å². The summed E-state index contributed by atoms with van der Waals surface area (Å²) in [4.78, 5) is 30.7. The molecular weight excluding hydrogens is 338 g/mol. The second-order valence-electron chi connectivity index (χ2n) is 6.71. The van der Waals surface area contributed by atoms with Gasteiger partial charge >= 0.3 is 0 Å². The number of fused-ring (bicyclic) bond motifs is 4. The minimum absolute atomic E-state index is 0.0386. The predicted molar refractivity (Wildman–Crippen MR) is 92.8 cm³/mol. The highest BCUT2D eigenvalue weighted by Crippen LogP contribution is 2.43. The number of ether oxygens (including phenoxy) is 1. The van der Waals surface area contributed by atoms with E-state index in [-0.39, 0.29) is 18.0 Å². The van der Waals surface area contributed by atoms with Crippen molar-refractivity contribution in [3.05, 3.63) is 34.0 Å². The maximum Gasteiger partial charge on any atom is 0.274 e. The summed E-state index contributed by atoms with van der Waals surface area (Å²) in [5.41, 5.74) is 4.47. The van der Waals surface area contributed by atoms with Crippen LogP contribution in [0.3, 0.4) is 0 Å². The van der Waals surface area contributed by atoms with E-state index in [1.807, 2.05) is 16.5 Å². The molecule has 25 heavy (non-hydrogen) atoms. The number of rotatable bonds is 2. The van der Waals surface area contributed by atoms with Gasteiger partial charge in [0.2, 0.25) is 5.95 Å². The van der Waals surface area contributed by atoms with Crippen LogP contribution in [0.5, 0.6) is 0 Å². The first-order chi connectivity index (χ1) is 12.3. The van der Waals surface area contributed by atoms with Gasteiger partial charge in [-0.25, -0.2) is 15.0 Å². The Hall–Kier alpha value is -2.06. The van der Waals surface area contributed by atoms with Crippen molar-refractivity contribution in [3.63, 3.8) is 0 Å². The number of thiazole rings is 1. The highest BCUT2D eigenvalue weighted by atomic mass is 32.1. The second kappa shape index (κ2) is 6.03. The van der Waals surface area contributed by atoms with E-state index >= 15 is 0 Å². The molecule has 0 N–H and O–H groups in total. The van der Waals surface area contributed by atoms with Crippen LogP contribution in [0.4, 0.5) is 5.95 Å². The zero-order chi connectivity index (χ0) is 16.8. The largest absolute Gasteiger partial charge is 0.378 e. The number of anilines is 1. The van der Waals surface area contributed by atoms with Gasteiger partial charge in [0.1, 0.15) is 5.69 Å². The van der Waals surface area contributed by atoms with Crippen LogP contribution in [0.2, 0.25) is 0 Å². The van der Waals surface area contributed by atoms with Gasteiger partial charge in [0.15, 0.2) is 0 Å². The lowest BCUT2D eigenvalue weighted by atomic mass is 9.99. The first kappa shape index (κ1) is 15.2. The Morgan fingerprint density at radius 3 is 2.92 bits per heavy atom. The lowest BCUT2D eigenvalue weighted by molar-refractivity contribution is 0.0638. The summed E-state index contributed by atoms with van der Waals surface area (Å²) in [6.45, 7) is 3.11. The van der Waals surface area contributed by atoms with Crippen molar-refractivity contribution >= 4 is 23.2 Å². The molecule has 2 aromatic rings. The van der Waals surface area contributed by atoms with Crippen LogP contribution in [-0.2, 0) is 11.2 Å². The summed E-state index contributed by atoms with van der Waals surface area (Å²) >= 11 is 1.46. The number of amides is 1. The molecule has 3 aliphatic rings. The van der Waals surface area contributed by atoms with Crippen molar-refractivity contribution in [1.29, 1.82) is 0 Å². The number of morpholine rings is 1. The zero-order valence-electron chi connectivity index (χ0n) is 13.8. The Morgan fingerprint density at radius 2 is 2.12 bits per heavy atom. The predicted octanol–water partition coefficient (Wildman–Crippen LogP) is 1.67. The first-order valence-electron chi connectivity index (χ1n) is 8.70. The highest BCUT2D eigenvalue weighted by Gasteiger charge is 2.44.